The molecular formula is C18H17FN4O2. The number of rotatable bonds is 5. The zero-order valence-electron chi connectivity index (χ0n) is 13.8. The lowest BCUT2D eigenvalue weighted by Crippen LogP contribution is -2.09. The van der Waals surface area contributed by atoms with Crippen molar-refractivity contribution in [3.05, 3.63) is 65.2 Å². The van der Waals surface area contributed by atoms with Crippen LogP contribution in [0.3, 0.4) is 0 Å². The lowest BCUT2D eigenvalue weighted by molar-refractivity contribution is 0.0696. The Bertz CT molecular complexity index is 921. The molecule has 0 aliphatic rings. The maximum absolute atomic E-state index is 14.1. The molecule has 0 saturated heterocycles. The predicted octanol–water partition coefficient (Wildman–Crippen LogP) is 3.35. The van der Waals surface area contributed by atoms with Gasteiger partial charge in [-0.2, -0.15) is 0 Å². The van der Waals surface area contributed by atoms with Gasteiger partial charge in [0.15, 0.2) is 5.82 Å². The molecule has 6 nitrogen and oxygen atoms in total. The van der Waals surface area contributed by atoms with Crippen LogP contribution in [0.2, 0.25) is 0 Å². The lowest BCUT2D eigenvalue weighted by atomic mass is 9.99. The van der Waals surface area contributed by atoms with Gasteiger partial charge in [-0.05, 0) is 45.8 Å². The van der Waals surface area contributed by atoms with Crippen molar-refractivity contribution in [1.82, 2.24) is 20.2 Å². The number of halogens is 1. The molecule has 0 aliphatic heterocycles. The third kappa shape index (κ3) is 3.55. The molecular weight excluding hydrogens is 323 g/mol. The molecule has 0 unspecified atom stereocenters. The molecule has 2 aromatic carbocycles. The fraction of sp³-hybridized carbons (Fsp3) is 0.222. The van der Waals surface area contributed by atoms with Crippen molar-refractivity contribution in [3.8, 4) is 11.1 Å². The van der Waals surface area contributed by atoms with E-state index < -0.39 is 11.8 Å². The third-order valence-corrected chi connectivity index (χ3v) is 3.83. The third-order valence-electron chi connectivity index (χ3n) is 3.83. The standard InChI is InChI=1S/C18H17FN4O2/c1-11(2)17-20-21-22-23(17)10-12-7-13(9-14(8-12)18(24)25)15-5-3-4-6-16(15)19/h3-9,11H,10H2,1-2H3,(H,24,25). The summed E-state index contributed by atoms with van der Waals surface area (Å²) in [6.07, 6.45) is 0. The quantitative estimate of drug-likeness (QED) is 0.770. The summed E-state index contributed by atoms with van der Waals surface area (Å²) in [5, 5.41) is 21.0. The van der Waals surface area contributed by atoms with E-state index in [0.717, 1.165) is 0 Å². The largest absolute Gasteiger partial charge is 0.478 e. The van der Waals surface area contributed by atoms with Crippen LogP contribution < -0.4 is 0 Å². The van der Waals surface area contributed by atoms with E-state index in [-0.39, 0.29) is 11.5 Å². The zero-order valence-corrected chi connectivity index (χ0v) is 13.8. The first-order chi connectivity index (χ1) is 12.0. The molecule has 3 rings (SSSR count). The van der Waals surface area contributed by atoms with Crippen LogP contribution in [-0.2, 0) is 6.54 Å². The van der Waals surface area contributed by atoms with Crippen LogP contribution in [0.1, 0.15) is 41.5 Å². The van der Waals surface area contributed by atoms with Crippen molar-refractivity contribution in [2.75, 3.05) is 0 Å². The van der Waals surface area contributed by atoms with Crippen LogP contribution in [0, 0.1) is 5.82 Å². The Balaban J connectivity index is 2.06. The molecule has 1 N–H and O–H groups in total. The molecule has 0 amide bonds. The normalized spacial score (nSPS) is 11.0. The highest BCUT2D eigenvalue weighted by atomic mass is 19.1. The number of carboxylic acids is 1. The van der Waals surface area contributed by atoms with Crippen molar-refractivity contribution >= 4 is 5.97 Å². The molecule has 0 fully saturated rings. The minimum absolute atomic E-state index is 0.0925. The number of carbonyl (C=O) groups is 1. The number of aromatic nitrogens is 4. The summed E-state index contributed by atoms with van der Waals surface area (Å²) in [6.45, 7) is 4.25. The Morgan fingerprint density at radius 3 is 2.68 bits per heavy atom. The minimum atomic E-state index is -1.07. The summed E-state index contributed by atoms with van der Waals surface area (Å²) < 4.78 is 15.7. The minimum Gasteiger partial charge on any atom is -0.478 e. The molecule has 3 aromatic rings. The van der Waals surface area contributed by atoms with Crippen LogP contribution in [0.25, 0.3) is 11.1 Å². The second-order valence-corrected chi connectivity index (χ2v) is 6.05. The van der Waals surface area contributed by atoms with Gasteiger partial charge in [0, 0.05) is 11.5 Å². The smallest absolute Gasteiger partial charge is 0.335 e. The number of benzene rings is 2. The highest BCUT2D eigenvalue weighted by molar-refractivity contribution is 5.89. The molecule has 0 radical (unpaired) electrons. The maximum atomic E-state index is 14.1. The van der Waals surface area contributed by atoms with Crippen LogP contribution in [0.4, 0.5) is 4.39 Å². The first-order valence-corrected chi connectivity index (χ1v) is 7.84. The van der Waals surface area contributed by atoms with Gasteiger partial charge in [-0.25, -0.2) is 13.9 Å². The highest BCUT2D eigenvalue weighted by Crippen LogP contribution is 2.26. The monoisotopic (exact) mass is 340 g/mol. The summed E-state index contributed by atoms with van der Waals surface area (Å²) in [7, 11) is 0. The van der Waals surface area contributed by atoms with Gasteiger partial charge in [-0.1, -0.05) is 32.0 Å². The molecule has 0 spiro atoms. The van der Waals surface area contributed by atoms with E-state index in [9.17, 15) is 14.3 Å². The fourth-order valence-corrected chi connectivity index (χ4v) is 2.67. The van der Waals surface area contributed by atoms with E-state index in [1.165, 1.54) is 12.1 Å². The zero-order chi connectivity index (χ0) is 18.0. The van der Waals surface area contributed by atoms with E-state index in [4.69, 9.17) is 0 Å². The first-order valence-electron chi connectivity index (χ1n) is 7.84. The Morgan fingerprint density at radius 1 is 1.24 bits per heavy atom. The number of aromatic carboxylic acids is 1. The van der Waals surface area contributed by atoms with Gasteiger partial charge in [-0.3, -0.25) is 0 Å². The maximum Gasteiger partial charge on any atom is 0.335 e. The Labute approximate surface area is 143 Å². The number of carboxylic acid groups (broad SMARTS) is 1. The van der Waals surface area contributed by atoms with E-state index in [2.05, 4.69) is 15.5 Å². The van der Waals surface area contributed by atoms with E-state index in [0.29, 0.717) is 29.1 Å². The molecule has 7 heteroatoms. The summed E-state index contributed by atoms with van der Waals surface area (Å²) in [5.41, 5.74) is 1.64. The summed E-state index contributed by atoms with van der Waals surface area (Å²) in [4.78, 5) is 11.5. The fourth-order valence-electron chi connectivity index (χ4n) is 2.67. The van der Waals surface area contributed by atoms with Crippen molar-refractivity contribution < 1.29 is 14.3 Å². The van der Waals surface area contributed by atoms with Crippen LogP contribution in [0.5, 0.6) is 0 Å². The molecule has 25 heavy (non-hydrogen) atoms. The summed E-state index contributed by atoms with van der Waals surface area (Å²) >= 11 is 0. The molecule has 0 saturated carbocycles. The molecule has 1 heterocycles. The molecule has 1 aromatic heterocycles. The summed E-state index contributed by atoms with van der Waals surface area (Å²) in [6, 6.07) is 11.1. The Morgan fingerprint density at radius 2 is 2.00 bits per heavy atom. The average Bonchev–Trinajstić information content (AvgIpc) is 3.03. The SMILES string of the molecule is CC(C)c1nnnn1Cc1cc(C(=O)O)cc(-c2ccccc2F)c1. The Hall–Kier alpha value is -3.09. The van der Waals surface area contributed by atoms with Gasteiger partial charge >= 0.3 is 5.97 Å². The first kappa shape index (κ1) is 16.8. The molecule has 0 atom stereocenters. The van der Waals surface area contributed by atoms with E-state index >= 15 is 0 Å². The van der Waals surface area contributed by atoms with Gasteiger partial charge in [0.1, 0.15) is 5.82 Å². The van der Waals surface area contributed by atoms with Crippen molar-refractivity contribution in [2.45, 2.75) is 26.3 Å². The van der Waals surface area contributed by atoms with E-state index in [1.807, 2.05) is 13.8 Å². The summed E-state index contributed by atoms with van der Waals surface area (Å²) in [5.74, 6) is -0.640. The Kier molecular flexibility index (Phi) is 4.56. The average molecular weight is 340 g/mol. The topological polar surface area (TPSA) is 80.9 Å². The predicted molar refractivity (Wildman–Crippen MR) is 89.8 cm³/mol. The van der Waals surface area contributed by atoms with Gasteiger partial charge in [0.25, 0.3) is 0 Å². The van der Waals surface area contributed by atoms with Crippen LogP contribution in [0.15, 0.2) is 42.5 Å². The molecule has 0 bridgehead atoms. The second kappa shape index (κ2) is 6.80. The number of tetrazole rings is 1. The lowest BCUT2D eigenvalue weighted by Gasteiger charge is -2.11. The van der Waals surface area contributed by atoms with Crippen molar-refractivity contribution in [2.24, 2.45) is 0 Å². The number of nitrogens with zero attached hydrogens (tertiary/aromatic N) is 4. The molecule has 0 aliphatic carbocycles. The van der Waals surface area contributed by atoms with Crippen LogP contribution >= 0.6 is 0 Å². The molecule has 128 valence electrons. The second-order valence-electron chi connectivity index (χ2n) is 6.05. The van der Waals surface area contributed by atoms with Gasteiger partial charge < -0.3 is 5.11 Å². The van der Waals surface area contributed by atoms with Crippen molar-refractivity contribution in [3.63, 3.8) is 0 Å². The van der Waals surface area contributed by atoms with Gasteiger partial charge in [0.2, 0.25) is 0 Å². The van der Waals surface area contributed by atoms with Gasteiger partial charge in [-0.15, -0.1) is 5.10 Å². The number of hydrogen-bond acceptors (Lipinski definition) is 4. The van der Waals surface area contributed by atoms with Crippen molar-refractivity contribution in [1.29, 1.82) is 0 Å². The van der Waals surface area contributed by atoms with E-state index in [1.54, 1.807) is 35.0 Å². The van der Waals surface area contributed by atoms with Gasteiger partial charge in [0.05, 0.1) is 12.1 Å². The number of hydrogen-bond donors (Lipinski definition) is 1. The highest BCUT2D eigenvalue weighted by Gasteiger charge is 2.14. The van der Waals surface area contributed by atoms with Crippen LogP contribution in [-0.4, -0.2) is 31.3 Å².